The molecule has 8 unspecified atom stereocenters. The molecule has 17 nitrogen and oxygen atoms in total. The number of hydrogen-bond donors (Lipinski definition) is 2. The second-order valence-corrected chi connectivity index (χ2v) is 38.3. The van der Waals surface area contributed by atoms with E-state index in [0.717, 1.165) is 126 Å². The molecule has 0 saturated heterocycles. The molecule has 0 aliphatic heterocycles. The van der Waals surface area contributed by atoms with Crippen LogP contribution in [-0.4, -0.2) is 113 Å². The first-order chi connectivity index (χ1) is 54.3. The smallest absolute Gasteiger partial charge is 0.302 e. The predicted molar refractivity (Wildman–Crippen MR) is 451 cm³/mol. The molecular weight excluding hydrogens is 1450 g/mol. The highest BCUT2D eigenvalue weighted by molar-refractivity contribution is 5.99. The first-order valence-corrected chi connectivity index (χ1v) is 45.0. The highest BCUT2D eigenvalue weighted by Crippen LogP contribution is 2.62. The minimum absolute atomic E-state index is 0.0154. The number of ether oxygens (including phenoxy) is 7. The quantitative estimate of drug-likeness (QED) is 0.0943. The van der Waals surface area contributed by atoms with Crippen molar-refractivity contribution in [2.75, 3.05) is 0 Å². The molecule has 0 aromatic rings. The topological polar surface area (TPSA) is 242 Å². The van der Waals surface area contributed by atoms with Gasteiger partial charge in [0.25, 0.3) is 0 Å². The Balaban J connectivity index is 0.000000168. The third-order valence-electron chi connectivity index (χ3n) is 31.9. The third-order valence-corrected chi connectivity index (χ3v) is 31.9. The standard InChI is InChI=1S/2C14H22O3.C14H20O3.4C14H22O2/c3*1-4-10-12(16)8-11-13(17-9(2)15)6-5-7-14(10,11)3;4*1-4-11-7-8-12-13(16-10(2)15)6-5-9-14(11,12)3/h2*4,11-13,16H,5-8H2,1-3H3;4,11,13H,5-8H2,1-3H3;7,12-13H,4-6,8-9H2,1-3H3;2*4,12-13H,5-9H2,1-3H3;4,11-13H,1,5-9H2,2-3H3/b3*10-4+;;11-4+;11-4-;/t11?,12-,13+,14-;11?,12-,13-,14+;11?,13-,14+;3*12?,13-,14+;11?,12?,13-,14+/m1000000/s1. The second-order valence-electron chi connectivity index (χ2n) is 38.3. The van der Waals surface area contributed by atoms with Crippen LogP contribution in [0.5, 0.6) is 0 Å². The fourth-order valence-corrected chi connectivity index (χ4v) is 26.5. The van der Waals surface area contributed by atoms with E-state index in [1.165, 1.54) is 138 Å². The first-order valence-electron chi connectivity index (χ1n) is 45.0. The summed E-state index contributed by atoms with van der Waals surface area (Å²) in [6.45, 7) is 42.8. The first kappa shape index (κ1) is 94.5. The minimum atomic E-state index is -0.355. The van der Waals surface area contributed by atoms with E-state index in [2.05, 4.69) is 100 Å². The third kappa shape index (κ3) is 20.9. The van der Waals surface area contributed by atoms with E-state index < -0.39 is 0 Å². The van der Waals surface area contributed by atoms with Crippen LogP contribution < -0.4 is 0 Å². The van der Waals surface area contributed by atoms with Crippen molar-refractivity contribution in [3.05, 3.63) is 82.5 Å². The maximum atomic E-state index is 12.0. The van der Waals surface area contributed by atoms with Gasteiger partial charge in [-0.2, -0.15) is 0 Å². The molecular formula is C98H152O17. The molecule has 14 aliphatic carbocycles. The minimum Gasteiger partial charge on any atom is -0.462 e. The molecule has 13 saturated carbocycles. The largest absolute Gasteiger partial charge is 0.462 e. The summed E-state index contributed by atoms with van der Waals surface area (Å²) in [7, 11) is 0. The lowest BCUT2D eigenvalue weighted by Crippen LogP contribution is -2.41. The summed E-state index contributed by atoms with van der Waals surface area (Å²) in [6, 6.07) is 0. The van der Waals surface area contributed by atoms with Gasteiger partial charge in [0.05, 0.1) is 12.2 Å². The Labute approximate surface area is 692 Å². The number of esters is 7. The molecule has 17 heteroatoms. The monoisotopic (exact) mass is 1600 g/mol. The van der Waals surface area contributed by atoms with Gasteiger partial charge < -0.3 is 43.4 Å². The molecule has 2 N–H and O–H groups in total. The summed E-state index contributed by atoms with van der Waals surface area (Å²) in [4.78, 5) is 89.9. The van der Waals surface area contributed by atoms with Gasteiger partial charge >= 0.3 is 41.8 Å². The lowest BCUT2D eigenvalue weighted by molar-refractivity contribution is -0.155. The maximum Gasteiger partial charge on any atom is 0.302 e. The summed E-state index contributed by atoms with van der Waals surface area (Å²) in [5.74, 6) is 2.62. The zero-order chi connectivity index (χ0) is 84.9. The van der Waals surface area contributed by atoms with E-state index in [-0.39, 0.29) is 137 Å². The number of allylic oxidation sites excluding steroid dienone is 11. The Hall–Kier alpha value is -5.94. The summed E-state index contributed by atoms with van der Waals surface area (Å²) < 4.78 is 38.2. The molecule has 0 amide bonds. The Kier molecular flexibility index (Phi) is 33.2. The fraction of sp³-hybridized carbons (Fsp3) is 0.776. The van der Waals surface area contributed by atoms with Gasteiger partial charge in [0.1, 0.15) is 42.7 Å². The number of hydrogen-bond acceptors (Lipinski definition) is 17. The molecule has 0 aromatic carbocycles. The zero-order valence-corrected chi connectivity index (χ0v) is 74.7. The molecule has 0 heterocycles. The van der Waals surface area contributed by atoms with Crippen LogP contribution in [0.3, 0.4) is 0 Å². The van der Waals surface area contributed by atoms with E-state index in [1.807, 2.05) is 39.0 Å². The van der Waals surface area contributed by atoms with Crippen molar-refractivity contribution in [2.45, 2.75) is 399 Å². The summed E-state index contributed by atoms with van der Waals surface area (Å²) in [5.41, 5.74) is 9.13. The molecule has 14 aliphatic rings. The lowest BCUT2D eigenvalue weighted by atomic mass is 9.64. The predicted octanol–water partition coefficient (Wildman–Crippen LogP) is 21.2. The molecule has 0 bridgehead atoms. The number of carbonyl (C=O) groups excluding carboxylic acids is 8. The van der Waals surface area contributed by atoms with Gasteiger partial charge in [0, 0.05) is 102 Å². The van der Waals surface area contributed by atoms with Gasteiger partial charge in [-0.05, 0) is 289 Å². The van der Waals surface area contributed by atoms with Crippen LogP contribution in [0.2, 0.25) is 0 Å². The van der Waals surface area contributed by atoms with E-state index in [9.17, 15) is 48.6 Å². The van der Waals surface area contributed by atoms with Crippen LogP contribution in [0.15, 0.2) is 82.5 Å². The number of aliphatic hydroxyl groups is 2. The number of Topliss-reactive ketones (excluding diaryl/α,β-unsaturated/α-hetero) is 1. The number of ketones is 1. The highest BCUT2D eigenvalue weighted by atomic mass is 16.6. The number of rotatable bonds is 9. The Bertz CT molecular complexity index is 3500. The molecule has 115 heavy (non-hydrogen) atoms. The number of aliphatic hydroxyl groups excluding tert-OH is 2. The van der Waals surface area contributed by atoms with Gasteiger partial charge in [-0.3, -0.25) is 38.4 Å². The Morgan fingerprint density at radius 1 is 0.391 bits per heavy atom. The van der Waals surface area contributed by atoms with Gasteiger partial charge in [-0.1, -0.05) is 115 Å². The summed E-state index contributed by atoms with van der Waals surface area (Å²) >= 11 is 0. The van der Waals surface area contributed by atoms with Crippen molar-refractivity contribution < 1.29 is 81.7 Å². The van der Waals surface area contributed by atoms with E-state index >= 15 is 0 Å². The maximum absolute atomic E-state index is 12.0. The average Bonchev–Trinajstić information content (AvgIpc) is 1.40. The zero-order valence-electron chi connectivity index (χ0n) is 74.7. The van der Waals surface area contributed by atoms with Crippen LogP contribution in [0.4, 0.5) is 0 Å². The van der Waals surface area contributed by atoms with E-state index in [4.69, 9.17) is 33.2 Å². The van der Waals surface area contributed by atoms with Crippen molar-refractivity contribution in [1.29, 1.82) is 0 Å². The molecule has 0 radical (unpaired) electrons. The van der Waals surface area contributed by atoms with Crippen molar-refractivity contribution in [3.8, 4) is 0 Å². The van der Waals surface area contributed by atoms with Crippen molar-refractivity contribution in [1.82, 2.24) is 0 Å². The van der Waals surface area contributed by atoms with Gasteiger partial charge in [0.15, 0.2) is 5.78 Å². The molecule has 24 atom stereocenters. The van der Waals surface area contributed by atoms with Gasteiger partial charge in [-0.15, -0.1) is 6.58 Å². The van der Waals surface area contributed by atoms with Crippen LogP contribution >= 0.6 is 0 Å². The molecule has 646 valence electrons. The SMILES string of the molecule is C/C=C1/CCC2[C@@H](OC(C)=O)CCC[C@]12C.C/C=C1\C(=O)CC2[C@@H](OC(C)=O)CCC[C@]12C.C/C=C1\CCC2[C@@H](OC(C)=O)CCC[C@]12C.C/C=C1\[C@@H](O)CC2[C@@H](OC(C)=O)CCC[C@]12C.C/C=C1\[C@H](O)CC2[C@@H](OC(C)=O)CCC[C@]12C.C=CC1CCC2[C@@H](OC(C)=O)CCC[C@]12C.CCC1=CCC2[C@@H](OC(C)=O)CCC[C@]12C. The van der Waals surface area contributed by atoms with Gasteiger partial charge in [0.2, 0.25) is 0 Å². The van der Waals surface area contributed by atoms with Crippen molar-refractivity contribution in [3.63, 3.8) is 0 Å². The van der Waals surface area contributed by atoms with Crippen molar-refractivity contribution in [2.24, 2.45) is 85.2 Å². The molecule has 13 fully saturated rings. The van der Waals surface area contributed by atoms with Crippen LogP contribution in [0.25, 0.3) is 0 Å². The number of carbonyl (C=O) groups is 8. The van der Waals surface area contributed by atoms with Crippen LogP contribution in [0, 0.1) is 85.2 Å². The van der Waals surface area contributed by atoms with Gasteiger partial charge in [-0.25, -0.2) is 0 Å². The number of fused-ring (bicyclic) bond motifs is 7. The fourth-order valence-electron chi connectivity index (χ4n) is 26.5. The van der Waals surface area contributed by atoms with E-state index in [0.29, 0.717) is 57.7 Å². The van der Waals surface area contributed by atoms with Crippen molar-refractivity contribution >= 4 is 47.6 Å². The summed E-state index contributed by atoms with van der Waals surface area (Å²) in [6.07, 6.45) is 49.3. The second kappa shape index (κ2) is 40.4. The Morgan fingerprint density at radius 3 is 1.05 bits per heavy atom. The average molecular weight is 1600 g/mol. The van der Waals surface area contributed by atoms with Crippen LogP contribution in [0.1, 0.15) is 344 Å². The molecule has 14 rings (SSSR count). The molecule has 0 aromatic heterocycles. The molecule has 0 spiro atoms. The highest BCUT2D eigenvalue weighted by Gasteiger charge is 2.58. The lowest BCUT2D eigenvalue weighted by Gasteiger charge is -2.43. The summed E-state index contributed by atoms with van der Waals surface area (Å²) in [5, 5.41) is 20.3. The van der Waals surface area contributed by atoms with E-state index in [1.54, 1.807) is 16.7 Å². The normalized spacial score (nSPS) is 41.2. The van der Waals surface area contributed by atoms with Crippen LogP contribution in [-0.2, 0) is 71.5 Å². The Morgan fingerprint density at radius 2 is 0.713 bits per heavy atom.